The van der Waals surface area contributed by atoms with Gasteiger partial charge >= 0.3 is 12.3 Å². The highest BCUT2D eigenvalue weighted by atomic mass is 35.5. The Bertz CT molecular complexity index is 1290. The third-order valence-electron chi connectivity index (χ3n) is 6.62. The summed E-state index contributed by atoms with van der Waals surface area (Å²) in [6, 6.07) is 9.53. The maximum Gasteiger partial charge on any atom is 0.437 e. The van der Waals surface area contributed by atoms with Gasteiger partial charge in [0.2, 0.25) is 11.9 Å². The summed E-state index contributed by atoms with van der Waals surface area (Å²) < 4.78 is 49.7. The minimum absolute atomic E-state index is 0.0150. The number of amides is 2. The van der Waals surface area contributed by atoms with Gasteiger partial charge in [0.05, 0.1) is 28.2 Å². The highest BCUT2D eigenvalue weighted by Gasteiger charge is 2.44. The van der Waals surface area contributed by atoms with E-state index in [2.05, 4.69) is 15.6 Å². The summed E-state index contributed by atoms with van der Waals surface area (Å²) in [6.07, 6.45) is -4.09. The zero-order valence-corrected chi connectivity index (χ0v) is 23.4. The molecule has 2 saturated heterocycles. The van der Waals surface area contributed by atoms with E-state index >= 15 is 0 Å². The second-order valence-corrected chi connectivity index (χ2v) is 11.4. The summed E-state index contributed by atoms with van der Waals surface area (Å²) in [5.74, 6) is -0.176. The van der Waals surface area contributed by atoms with Gasteiger partial charge in [0.25, 0.3) is 0 Å². The van der Waals surface area contributed by atoms with Crippen LogP contribution >= 0.6 is 11.6 Å². The Morgan fingerprint density at radius 1 is 1.15 bits per heavy atom. The van der Waals surface area contributed by atoms with Gasteiger partial charge in [0.15, 0.2) is 0 Å². The van der Waals surface area contributed by atoms with Crippen LogP contribution in [0, 0.1) is 0 Å². The molecule has 0 spiro atoms. The fraction of sp³-hybridized carbons (Fsp3) is 0.464. The molecule has 2 aromatic carbocycles. The Balaban J connectivity index is 1.66. The van der Waals surface area contributed by atoms with Crippen LogP contribution in [0.2, 0.25) is 5.02 Å². The predicted octanol–water partition coefficient (Wildman–Crippen LogP) is 6.61. The van der Waals surface area contributed by atoms with E-state index in [1.54, 1.807) is 45.9 Å². The molecule has 2 fully saturated rings. The first-order chi connectivity index (χ1) is 18.7. The number of hydrogen-bond acceptors (Lipinski definition) is 5. The number of ether oxygens (including phenoxy) is 2. The van der Waals surface area contributed by atoms with Crippen LogP contribution in [0.4, 0.5) is 29.3 Å². The lowest BCUT2D eigenvalue weighted by atomic mass is 9.85. The molecule has 2 amide bonds. The van der Waals surface area contributed by atoms with E-state index in [1.807, 2.05) is 0 Å². The number of halogens is 4. The van der Waals surface area contributed by atoms with Crippen molar-refractivity contribution >= 4 is 40.9 Å². The lowest BCUT2D eigenvalue weighted by Crippen LogP contribution is -2.63. The van der Waals surface area contributed by atoms with E-state index in [0.717, 1.165) is 12.1 Å². The molecule has 0 unspecified atom stereocenters. The molecule has 0 aromatic heterocycles. The Labute approximate surface area is 235 Å². The van der Waals surface area contributed by atoms with Crippen LogP contribution in [0.5, 0.6) is 0 Å². The van der Waals surface area contributed by atoms with E-state index < -0.39 is 29.0 Å². The zero-order valence-electron chi connectivity index (χ0n) is 22.7. The largest absolute Gasteiger partial charge is 0.442 e. The molecule has 2 aromatic rings. The summed E-state index contributed by atoms with van der Waals surface area (Å²) >= 11 is 6.80. The highest BCUT2D eigenvalue weighted by molar-refractivity contribution is 6.34. The number of nitrogens with zero attached hydrogens (tertiary/aromatic N) is 2. The van der Waals surface area contributed by atoms with Gasteiger partial charge < -0.3 is 20.1 Å². The number of anilines is 2. The molecule has 40 heavy (non-hydrogen) atoms. The Hall–Kier alpha value is -3.31. The maximum absolute atomic E-state index is 13.6. The van der Waals surface area contributed by atoms with E-state index in [9.17, 15) is 22.8 Å². The molecule has 0 bridgehead atoms. The first kappa shape index (κ1) is 29.7. The van der Waals surface area contributed by atoms with Crippen LogP contribution in [-0.2, 0) is 26.0 Å². The third-order valence-corrected chi connectivity index (χ3v) is 7.03. The van der Waals surface area contributed by atoms with Crippen molar-refractivity contribution < 1.29 is 32.2 Å². The quantitative estimate of drug-likeness (QED) is 0.423. The third kappa shape index (κ3) is 6.87. The second-order valence-electron chi connectivity index (χ2n) is 11.0. The van der Waals surface area contributed by atoms with Crippen LogP contribution in [0.15, 0.2) is 47.5 Å². The SMILES string of the molecule is CC(C)(C)OC(=O)N=C1N[C@](C)(c2cccc(Nc3ccc(C(F)(F)F)cc3)c2Cl)CC(=O)N1C1CCOCC1. The summed E-state index contributed by atoms with van der Waals surface area (Å²) in [4.78, 5) is 32.0. The van der Waals surface area contributed by atoms with E-state index in [0.29, 0.717) is 43.0 Å². The summed E-state index contributed by atoms with van der Waals surface area (Å²) in [7, 11) is 0. The number of carbonyl (C=O) groups excluding carboxylic acids is 2. The van der Waals surface area contributed by atoms with Crippen molar-refractivity contribution in [1.29, 1.82) is 0 Å². The number of rotatable bonds is 4. The number of nitrogens with one attached hydrogen (secondary N) is 2. The monoisotopic (exact) mass is 580 g/mol. The predicted molar refractivity (Wildman–Crippen MR) is 146 cm³/mol. The van der Waals surface area contributed by atoms with Crippen molar-refractivity contribution in [3.63, 3.8) is 0 Å². The standard InChI is InChI=1S/C28H32ClF3N4O4/c1-26(2,3)40-25(38)34-24-35-27(4,16-22(37)36(24)19-12-14-39-15-13-19)20-6-5-7-21(23(20)29)33-18-10-8-17(9-11-18)28(30,31)32/h5-11,19,33H,12-16H2,1-4H3,(H,34,35,38)/t27-/m0/s1. The minimum atomic E-state index is -4.44. The van der Waals surface area contributed by atoms with Crippen LogP contribution in [-0.4, -0.2) is 47.7 Å². The van der Waals surface area contributed by atoms with Gasteiger partial charge in [0.1, 0.15) is 5.60 Å². The van der Waals surface area contributed by atoms with Crippen LogP contribution in [0.3, 0.4) is 0 Å². The smallest absolute Gasteiger partial charge is 0.437 e. The number of hydrogen-bond donors (Lipinski definition) is 2. The molecule has 0 aliphatic carbocycles. The van der Waals surface area contributed by atoms with Gasteiger partial charge in [-0.25, -0.2) is 4.79 Å². The van der Waals surface area contributed by atoms with Crippen molar-refractivity contribution in [2.45, 2.75) is 70.3 Å². The second kappa shape index (κ2) is 11.3. The summed E-state index contributed by atoms with van der Waals surface area (Å²) in [5, 5.41) is 6.59. The van der Waals surface area contributed by atoms with Gasteiger partial charge in [-0.3, -0.25) is 9.69 Å². The average molecular weight is 581 g/mol. The number of alkyl halides is 3. The Morgan fingerprint density at radius 2 is 1.80 bits per heavy atom. The molecular formula is C28H32ClF3N4O4. The molecule has 0 radical (unpaired) electrons. The Kier molecular flexibility index (Phi) is 8.37. The van der Waals surface area contributed by atoms with Crippen molar-refractivity contribution in [1.82, 2.24) is 10.2 Å². The van der Waals surface area contributed by atoms with Gasteiger partial charge in [-0.2, -0.15) is 13.2 Å². The summed E-state index contributed by atoms with van der Waals surface area (Å²) in [6.45, 7) is 7.91. The molecule has 12 heteroatoms. The molecule has 2 aliphatic heterocycles. The average Bonchev–Trinajstić information content (AvgIpc) is 2.84. The topological polar surface area (TPSA) is 92.3 Å². The fourth-order valence-corrected chi connectivity index (χ4v) is 5.13. The van der Waals surface area contributed by atoms with E-state index in [1.165, 1.54) is 17.0 Å². The van der Waals surface area contributed by atoms with Gasteiger partial charge in [0, 0.05) is 24.9 Å². The van der Waals surface area contributed by atoms with Crippen molar-refractivity contribution in [2.24, 2.45) is 4.99 Å². The molecule has 216 valence electrons. The normalized spacial score (nSPS) is 21.8. The molecule has 4 rings (SSSR count). The molecule has 8 nitrogen and oxygen atoms in total. The summed E-state index contributed by atoms with van der Waals surface area (Å²) in [5.41, 5.74) is -1.22. The minimum Gasteiger partial charge on any atom is -0.442 e. The lowest BCUT2D eigenvalue weighted by Gasteiger charge is -2.45. The molecule has 0 saturated carbocycles. The number of guanidine groups is 1. The maximum atomic E-state index is 13.6. The van der Waals surface area contributed by atoms with Gasteiger partial charge in [-0.05, 0) is 76.4 Å². The highest BCUT2D eigenvalue weighted by Crippen LogP contribution is 2.39. The van der Waals surface area contributed by atoms with Gasteiger partial charge in [-0.1, -0.05) is 23.7 Å². The lowest BCUT2D eigenvalue weighted by molar-refractivity contribution is -0.137. The molecule has 1 atom stereocenters. The van der Waals surface area contributed by atoms with Crippen molar-refractivity contribution in [3.8, 4) is 0 Å². The zero-order chi connectivity index (χ0) is 29.3. The first-order valence-corrected chi connectivity index (χ1v) is 13.3. The van der Waals surface area contributed by atoms with Crippen LogP contribution in [0.25, 0.3) is 0 Å². The van der Waals surface area contributed by atoms with Crippen LogP contribution in [0.1, 0.15) is 58.1 Å². The van der Waals surface area contributed by atoms with Crippen molar-refractivity contribution in [3.05, 3.63) is 58.6 Å². The number of aliphatic imine (C=N–C) groups is 1. The van der Waals surface area contributed by atoms with Gasteiger partial charge in [-0.15, -0.1) is 4.99 Å². The number of carbonyl (C=O) groups is 2. The van der Waals surface area contributed by atoms with Crippen LogP contribution < -0.4 is 10.6 Å². The van der Waals surface area contributed by atoms with Crippen molar-refractivity contribution in [2.75, 3.05) is 18.5 Å². The molecule has 2 N–H and O–H groups in total. The van der Waals surface area contributed by atoms with E-state index in [-0.39, 0.29) is 29.4 Å². The van der Waals surface area contributed by atoms with E-state index in [4.69, 9.17) is 21.1 Å². The first-order valence-electron chi connectivity index (χ1n) is 12.9. The molecular weight excluding hydrogens is 549 g/mol. The molecule has 2 aliphatic rings. The Morgan fingerprint density at radius 3 is 2.40 bits per heavy atom. The molecule has 2 heterocycles. The fourth-order valence-electron chi connectivity index (χ4n) is 4.75. The number of benzene rings is 2.